The minimum Gasteiger partial charge on any atom is -0.481 e. The van der Waals surface area contributed by atoms with Gasteiger partial charge in [0, 0.05) is 0 Å². The van der Waals surface area contributed by atoms with Crippen LogP contribution in [0.25, 0.3) is 0 Å². The van der Waals surface area contributed by atoms with Gasteiger partial charge in [0.15, 0.2) is 0 Å². The van der Waals surface area contributed by atoms with Crippen LogP contribution in [-0.2, 0) is 52.2 Å². The molecule has 1 aromatic rings. The van der Waals surface area contributed by atoms with Crippen molar-refractivity contribution in [1.82, 2.24) is 0 Å². The largest absolute Gasteiger partial charge is 0.481 e. The molecule has 1 aromatic carbocycles. The average molecular weight is 591 g/mol. The average Bonchev–Trinajstić information content (AvgIpc) is 2.98. The Morgan fingerprint density at radius 1 is 0.439 bits per heavy atom. The summed E-state index contributed by atoms with van der Waals surface area (Å²) in [5, 5.41) is 8.47. The Kier molecular flexibility index (Phi) is 26.3. The summed E-state index contributed by atoms with van der Waals surface area (Å²) >= 11 is 0. The second-order valence-electron chi connectivity index (χ2n) is 8.16. The van der Waals surface area contributed by atoms with E-state index in [2.05, 4.69) is 0 Å². The molecule has 0 saturated carbocycles. The maximum Gasteiger partial charge on any atom is 0.338 e. The summed E-state index contributed by atoms with van der Waals surface area (Å²) < 4.78 is 53.4. The first kappa shape index (κ1) is 36.8. The molecule has 0 fully saturated rings. The fraction of sp³-hybridized carbons (Fsp3) is 0.714. The monoisotopic (exact) mass is 590 g/mol. The summed E-state index contributed by atoms with van der Waals surface area (Å²) in [6, 6.07) is 8.82. The predicted octanol–water partition coefficient (Wildman–Crippen LogP) is 1.47. The minimum absolute atomic E-state index is 0.00507. The number of rotatable bonds is 31. The number of benzene rings is 1. The second-order valence-corrected chi connectivity index (χ2v) is 8.16. The van der Waals surface area contributed by atoms with Crippen LogP contribution in [0.3, 0.4) is 0 Å². The number of esters is 1. The second kappa shape index (κ2) is 29.3. The van der Waals surface area contributed by atoms with Crippen LogP contribution in [0.15, 0.2) is 30.3 Å². The van der Waals surface area contributed by atoms with Crippen LogP contribution >= 0.6 is 0 Å². The van der Waals surface area contributed by atoms with E-state index in [1.807, 2.05) is 6.07 Å². The molecule has 0 aromatic heterocycles. The van der Waals surface area contributed by atoms with Gasteiger partial charge in [0.25, 0.3) is 0 Å². The first-order valence-corrected chi connectivity index (χ1v) is 13.8. The molecule has 0 aliphatic rings. The van der Waals surface area contributed by atoms with Gasteiger partial charge in [-0.05, 0) is 12.1 Å². The van der Waals surface area contributed by atoms with E-state index in [0.29, 0.717) is 118 Å². The molecular formula is C28H46O13. The number of carboxylic acid groups (broad SMARTS) is 1. The van der Waals surface area contributed by atoms with Gasteiger partial charge < -0.3 is 52.5 Å². The van der Waals surface area contributed by atoms with Gasteiger partial charge >= 0.3 is 11.9 Å². The molecule has 0 aliphatic heterocycles. The number of carbonyl (C=O) groups excluding carboxylic acids is 1. The summed E-state index contributed by atoms with van der Waals surface area (Å²) in [5.41, 5.74) is 0.520. The lowest BCUT2D eigenvalue weighted by Crippen LogP contribution is -2.15. The third-order valence-electron chi connectivity index (χ3n) is 4.91. The number of hydrogen-bond acceptors (Lipinski definition) is 12. The molecule has 0 heterocycles. The zero-order valence-electron chi connectivity index (χ0n) is 23.9. The van der Waals surface area contributed by atoms with E-state index in [4.69, 9.17) is 52.5 Å². The summed E-state index contributed by atoms with van der Waals surface area (Å²) in [4.78, 5) is 22.1. The molecule has 1 N–H and O–H groups in total. The lowest BCUT2D eigenvalue weighted by Gasteiger charge is -2.09. The van der Waals surface area contributed by atoms with Crippen molar-refractivity contribution in [3.63, 3.8) is 0 Å². The molecule has 13 nitrogen and oxygen atoms in total. The van der Waals surface area contributed by atoms with Crippen molar-refractivity contribution in [3.05, 3.63) is 35.9 Å². The summed E-state index contributed by atoms with van der Waals surface area (Å²) in [6.07, 6.45) is -0.00507. The number of ether oxygens (including phenoxy) is 10. The first-order chi connectivity index (χ1) is 20.2. The number of carbonyl (C=O) groups is 2. The van der Waals surface area contributed by atoms with E-state index in [-0.39, 0.29) is 25.6 Å². The van der Waals surface area contributed by atoms with E-state index >= 15 is 0 Å². The Bertz CT molecular complexity index is 720. The van der Waals surface area contributed by atoms with Crippen LogP contribution in [0.1, 0.15) is 16.8 Å². The summed E-state index contributed by atoms with van der Waals surface area (Å²) in [5.74, 6) is -1.24. The lowest BCUT2D eigenvalue weighted by molar-refractivity contribution is -0.138. The van der Waals surface area contributed by atoms with Gasteiger partial charge in [-0.15, -0.1) is 0 Å². The van der Waals surface area contributed by atoms with Crippen molar-refractivity contribution in [2.75, 3.05) is 126 Å². The topological polar surface area (TPSA) is 147 Å². The van der Waals surface area contributed by atoms with Crippen molar-refractivity contribution in [2.24, 2.45) is 0 Å². The molecule has 0 bridgehead atoms. The Balaban J connectivity index is 1.65. The highest BCUT2D eigenvalue weighted by atomic mass is 16.6. The van der Waals surface area contributed by atoms with Crippen LogP contribution in [-0.4, -0.2) is 143 Å². The molecule has 0 saturated heterocycles. The Morgan fingerprint density at radius 2 is 0.732 bits per heavy atom. The number of aliphatic carboxylic acids is 1. The van der Waals surface area contributed by atoms with Gasteiger partial charge in [-0.1, -0.05) is 18.2 Å². The smallest absolute Gasteiger partial charge is 0.338 e. The highest BCUT2D eigenvalue weighted by molar-refractivity contribution is 5.89. The SMILES string of the molecule is O=C(O)CCOCCOCCOCCOCCOCCOCCOCCOCCOCCOC(=O)c1ccccc1. The highest BCUT2D eigenvalue weighted by Gasteiger charge is 2.05. The quantitative estimate of drug-likeness (QED) is 0.0984. The number of carboxylic acids is 1. The zero-order chi connectivity index (χ0) is 29.5. The highest BCUT2D eigenvalue weighted by Crippen LogP contribution is 2.00. The lowest BCUT2D eigenvalue weighted by atomic mass is 10.2. The minimum atomic E-state index is -0.877. The maximum absolute atomic E-state index is 11.8. The molecule has 13 heteroatoms. The molecule has 41 heavy (non-hydrogen) atoms. The van der Waals surface area contributed by atoms with Gasteiger partial charge in [-0.2, -0.15) is 0 Å². The fourth-order valence-corrected chi connectivity index (χ4v) is 2.87. The van der Waals surface area contributed by atoms with E-state index in [0.717, 1.165) is 0 Å². The van der Waals surface area contributed by atoms with Crippen molar-refractivity contribution < 1.29 is 62.1 Å². The van der Waals surface area contributed by atoms with E-state index in [1.54, 1.807) is 24.3 Å². The first-order valence-electron chi connectivity index (χ1n) is 13.8. The normalized spacial score (nSPS) is 11.1. The van der Waals surface area contributed by atoms with Crippen molar-refractivity contribution in [3.8, 4) is 0 Å². The predicted molar refractivity (Wildman–Crippen MR) is 146 cm³/mol. The van der Waals surface area contributed by atoms with Crippen LogP contribution in [0, 0.1) is 0 Å². The van der Waals surface area contributed by atoms with Crippen molar-refractivity contribution >= 4 is 11.9 Å². The van der Waals surface area contributed by atoms with Crippen molar-refractivity contribution in [1.29, 1.82) is 0 Å². The van der Waals surface area contributed by atoms with Gasteiger partial charge in [0.1, 0.15) is 6.61 Å². The van der Waals surface area contributed by atoms with Crippen LogP contribution in [0.5, 0.6) is 0 Å². The van der Waals surface area contributed by atoms with Crippen LogP contribution < -0.4 is 0 Å². The van der Waals surface area contributed by atoms with E-state index in [1.165, 1.54) is 0 Å². The molecule has 1 rings (SSSR count). The van der Waals surface area contributed by atoms with Gasteiger partial charge in [0.2, 0.25) is 0 Å². The molecule has 0 spiro atoms. The van der Waals surface area contributed by atoms with Gasteiger partial charge in [-0.3, -0.25) is 4.79 Å². The summed E-state index contributed by atoms with van der Waals surface area (Å²) in [6.45, 7) is 7.94. The Labute approximate surface area is 242 Å². The molecule has 0 aliphatic carbocycles. The third kappa shape index (κ3) is 26.4. The zero-order valence-corrected chi connectivity index (χ0v) is 23.9. The fourth-order valence-electron chi connectivity index (χ4n) is 2.87. The molecule has 236 valence electrons. The van der Waals surface area contributed by atoms with E-state index < -0.39 is 5.97 Å². The third-order valence-corrected chi connectivity index (χ3v) is 4.91. The standard InChI is InChI=1S/C28H46O13/c29-27(30)6-7-32-8-9-33-10-11-34-12-13-35-14-15-36-16-17-37-18-19-38-20-21-39-22-23-40-24-25-41-28(31)26-4-2-1-3-5-26/h1-5H,6-25H2,(H,29,30). The number of hydrogen-bond donors (Lipinski definition) is 1. The Morgan fingerprint density at radius 3 is 1.05 bits per heavy atom. The molecule has 0 unspecified atom stereocenters. The summed E-state index contributed by atoms with van der Waals surface area (Å²) in [7, 11) is 0. The van der Waals surface area contributed by atoms with Crippen molar-refractivity contribution in [2.45, 2.75) is 6.42 Å². The van der Waals surface area contributed by atoms with Gasteiger partial charge in [-0.25, -0.2) is 4.79 Å². The van der Waals surface area contributed by atoms with E-state index in [9.17, 15) is 9.59 Å². The van der Waals surface area contributed by atoms with Crippen LogP contribution in [0.4, 0.5) is 0 Å². The Hall–Kier alpha value is -2.20. The maximum atomic E-state index is 11.8. The molecular weight excluding hydrogens is 544 g/mol. The van der Waals surface area contributed by atoms with Crippen LogP contribution in [0.2, 0.25) is 0 Å². The molecule has 0 amide bonds. The molecule has 0 radical (unpaired) electrons. The van der Waals surface area contributed by atoms with Gasteiger partial charge in [0.05, 0.1) is 131 Å². The molecule has 0 atom stereocenters.